The van der Waals surface area contributed by atoms with Crippen LogP contribution in [-0.4, -0.2) is 35.8 Å². The van der Waals surface area contributed by atoms with Gasteiger partial charge in [-0.25, -0.2) is 0 Å². The molecule has 1 heterocycles. The van der Waals surface area contributed by atoms with Crippen LogP contribution in [0.2, 0.25) is 0 Å². The SMILES string of the molecule is Cc1cccc(CCC(=O)N(C)C)c1C(=O)Nc1cccc2cccnc12. The summed E-state index contributed by atoms with van der Waals surface area (Å²) in [6.07, 6.45) is 2.60. The van der Waals surface area contributed by atoms with Crippen LogP contribution in [0.15, 0.2) is 54.7 Å². The van der Waals surface area contributed by atoms with Crippen LogP contribution < -0.4 is 5.32 Å². The van der Waals surface area contributed by atoms with E-state index in [1.54, 1.807) is 25.2 Å². The molecule has 3 rings (SSSR count). The van der Waals surface area contributed by atoms with Gasteiger partial charge < -0.3 is 10.2 Å². The number of hydrogen-bond acceptors (Lipinski definition) is 3. The lowest BCUT2D eigenvalue weighted by Crippen LogP contribution is -2.22. The second-order valence-corrected chi connectivity index (χ2v) is 6.73. The molecule has 0 spiro atoms. The molecule has 0 aliphatic heterocycles. The minimum Gasteiger partial charge on any atom is -0.349 e. The molecule has 0 bridgehead atoms. The number of aromatic nitrogens is 1. The summed E-state index contributed by atoms with van der Waals surface area (Å²) in [6.45, 7) is 1.91. The quantitative estimate of drug-likeness (QED) is 0.751. The van der Waals surface area contributed by atoms with Gasteiger partial charge >= 0.3 is 0 Å². The lowest BCUT2D eigenvalue weighted by atomic mass is 9.97. The third-order valence-electron chi connectivity index (χ3n) is 4.57. The van der Waals surface area contributed by atoms with Crippen molar-refractivity contribution in [3.63, 3.8) is 0 Å². The van der Waals surface area contributed by atoms with Gasteiger partial charge in [-0.1, -0.05) is 36.4 Å². The van der Waals surface area contributed by atoms with E-state index < -0.39 is 0 Å². The number of fused-ring (bicyclic) bond motifs is 1. The van der Waals surface area contributed by atoms with E-state index in [1.807, 2.05) is 55.5 Å². The van der Waals surface area contributed by atoms with Gasteiger partial charge in [0.1, 0.15) is 0 Å². The molecule has 3 aromatic rings. The predicted octanol–water partition coefficient (Wildman–Crippen LogP) is 3.82. The zero-order chi connectivity index (χ0) is 19.4. The molecular weight excluding hydrogens is 338 g/mol. The maximum atomic E-state index is 13.0. The van der Waals surface area contributed by atoms with Crippen molar-refractivity contribution in [2.24, 2.45) is 0 Å². The molecule has 0 saturated carbocycles. The van der Waals surface area contributed by atoms with E-state index in [0.29, 0.717) is 24.1 Å². The zero-order valence-corrected chi connectivity index (χ0v) is 15.8. The molecular formula is C22H23N3O2. The number of benzene rings is 2. The van der Waals surface area contributed by atoms with Crippen LogP contribution in [-0.2, 0) is 11.2 Å². The third kappa shape index (κ3) is 4.14. The van der Waals surface area contributed by atoms with Crippen molar-refractivity contribution in [2.75, 3.05) is 19.4 Å². The first kappa shape index (κ1) is 18.6. The minimum absolute atomic E-state index is 0.0427. The first-order valence-corrected chi connectivity index (χ1v) is 8.91. The number of para-hydroxylation sites is 1. The van der Waals surface area contributed by atoms with Gasteiger partial charge in [-0.15, -0.1) is 0 Å². The number of nitrogens with one attached hydrogen (secondary N) is 1. The van der Waals surface area contributed by atoms with E-state index in [2.05, 4.69) is 10.3 Å². The van der Waals surface area contributed by atoms with Crippen LogP contribution in [0.4, 0.5) is 5.69 Å². The smallest absolute Gasteiger partial charge is 0.256 e. The molecule has 0 fully saturated rings. The number of rotatable bonds is 5. The highest BCUT2D eigenvalue weighted by atomic mass is 16.2. The van der Waals surface area contributed by atoms with Gasteiger partial charge in [0.2, 0.25) is 5.91 Å². The molecule has 0 unspecified atom stereocenters. The fourth-order valence-corrected chi connectivity index (χ4v) is 3.12. The number of amides is 2. The van der Waals surface area contributed by atoms with Crippen LogP contribution in [0, 0.1) is 6.92 Å². The van der Waals surface area contributed by atoms with Crippen molar-refractivity contribution >= 4 is 28.4 Å². The van der Waals surface area contributed by atoms with Gasteiger partial charge in [0.05, 0.1) is 11.2 Å². The molecule has 1 aromatic heterocycles. The molecule has 0 atom stereocenters. The molecule has 0 aliphatic carbocycles. The number of pyridine rings is 1. The van der Waals surface area contributed by atoms with Crippen LogP contribution in [0.5, 0.6) is 0 Å². The summed E-state index contributed by atoms with van der Waals surface area (Å²) in [5.74, 6) is -0.139. The average molecular weight is 361 g/mol. The van der Waals surface area contributed by atoms with Crippen LogP contribution in [0.25, 0.3) is 10.9 Å². The number of nitrogens with zero attached hydrogens (tertiary/aromatic N) is 2. The Morgan fingerprint density at radius 1 is 1.04 bits per heavy atom. The van der Waals surface area contributed by atoms with Crippen LogP contribution in [0.3, 0.4) is 0 Å². The monoisotopic (exact) mass is 361 g/mol. The van der Waals surface area contributed by atoms with E-state index in [0.717, 1.165) is 22.0 Å². The Morgan fingerprint density at radius 3 is 2.56 bits per heavy atom. The molecule has 0 saturated heterocycles. The lowest BCUT2D eigenvalue weighted by molar-refractivity contribution is -0.128. The largest absolute Gasteiger partial charge is 0.349 e. The first-order valence-electron chi connectivity index (χ1n) is 8.91. The molecule has 2 aromatic carbocycles. The Bertz CT molecular complexity index is 991. The van der Waals surface area contributed by atoms with Gasteiger partial charge in [-0.3, -0.25) is 14.6 Å². The summed E-state index contributed by atoms with van der Waals surface area (Å²) >= 11 is 0. The minimum atomic E-state index is -0.182. The molecule has 5 heteroatoms. The molecule has 1 N–H and O–H groups in total. The Kier molecular flexibility index (Phi) is 5.50. The topological polar surface area (TPSA) is 62.3 Å². The standard InChI is InChI=1S/C22H23N3O2/c1-15-7-4-8-16(12-13-19(26)25(2)3)20(15)22(27)24-18-11-5-9-17-10-6-14-23-21(17)18/h4-11,14H,12-13H2,1-3H3,(H,24,27). The van der Waals surface area contributed by atoms with Gasteiger partial charge in [0.25, 0.3) is 5.91 Å². The molecule has 0 aliphatic rings. The van der Waals surface area contributed by atoms with Crippen molar-refractivity contribution in [3.8, 4) is 0 Å². The van der Waals surface area contributed by atoms with E-state index >= 15 is 0 Å². The summed E-state index contributed by atoms with van der Waals surface area (Å²) in [5, 5.41) is 3.97. The number of carbonyl (C=O) groups excluding carboxylic acids is 2. The third-order valence-corrected chi connectivity index (χ3v) is 4.57. The van der Waals surface area contributed by atoms with Crippen molar-refractivity contribution < 1.29 is 9.59 Å². The van der Waals surface area contributed by atoms with Gasteiger partial charge in [-0.2, -0.15) is 0 Å². The molecule has 138 valence electrons. The second-order valence-electron chi connectivity index (χ2n) is 6.73. The Hall–Kier alpha value is -3.21. The fourth-order valence-electron chi connectivity index (χ4n) is 3.12. The van der Waals surface area contributed by atoms with Crippen molar-refractivity contribution in [1.29, 1.82) is 0 Å². The van der Waals surface area contributed by atoms with E-state index in [-0.39, 0.29) is 11.8 Å². The normalized spacial score (nSPS) is 10.6. The number of aryl methyl sites for hydroxylation is 2. The number of hydrogen-bond donors (Lipinski definition) is 1. The maximum absolute atomic E-state index is 13.0. The summed E-state index contributed by atoms with van der Waals surface area (Å²) in [7, 11) is 3.47. The highest BCUT2D eigenvalue weighted by molar-refractivity contribution is 6.09. The van der Waals surface area contributed by atoms with Crippen molar-refractivity contribution in [2.45, 2.75) is 19.8 Å². The summed E-state index contributed by atoms with van der Waals surface area (Å²) in [4.78, 5) is 30.9. The number of carbonyl (C=O) groups is 2. The summed E-state index contributed by atoms with van der Waals surface area (Å²) in [6, 6.07) is 15.3. The molecule has 0 radical (unpaired) electrons. The van der Waals surface area contributed by atoms with E-state index in [9.17, 15) is 9.59 Å². The van der Waals surface area contributed by atoms with Gasteiger partial charge in [0, 0.05) is 37.7 Å². The predicted molar refractivity (Wildman–Crippen MR) is 108 cm³/mol. The Morgan fingerprint density at radius 2 is 1.78 bits per heavy atom. The highest BCUT2D eigenvalue weighted by Crippen LogP contribution is 2.23. The Labute approximate surface area is 159 Å². The van der Waals surface area contributed by atoms with Gasteiger partial charge in [-0.05, 0) is 36.6 Å². The summed E-state index contributed by atoms with van der Waals surface area (Å²) < 4.78 is 0. The Balaban J connectivity index is 1.89. The fraction of sp³-hybridized carbons (Fsp3) is 0.227. The van der Waals surface area contributed by atoms with Crippen molar-refractivity contribution in [3.05, 3.63) is 71.4 Å². The van der Waals surface area contributed by atoms with Crippen molar-refractivity contribution in [1.82, 2.24) is 9.88 Å². The number of anilines is 1. The lowest BCUT2D eigenvalue weighted by Gasteiger charge is -2.15. The molecule has 27 heavy (non-hydrogen) atoms. The highest BCUT2D eigenvalue weighted by Gasteiger charge is 2.17. The molecule has 5 nitrogen and oxygen atoms in total. The van der Waals surface area contributed by atoms with E-state index in [1.165, 1.54) is 0 Å². The summed E-state index contributed by atoms with van der Waals surface area (Å²) in [5.41, 5.74) is 3.81. The van der Waals surface area contributed by atoms with Gasteiger partial charge in [0.15, 0.2) is 0 Å². The second kappa shape index (κ2) is 7.99. The zero-order valence-electron chi connectivity index (χ0n) is 15.8. The molecule has 2 amide bonds. The maximum Gasteiger partial charge on any atom is 0.256 e. The van der Waals surface area contributed by atoms with Crippen LogP contribution in [0.1, 0.15) is 27.9 Å². The average Bonchev–Trinajstić information content (AvgIpc) is 2.66. The van der Waals surface area contributed by atoms with E-state index in [4.69, 9.17) is 0 Å². The first-order chi connectivity index (χ1) is 13.0. The van der Waals surface area contributed by atoms with Crippen LogP contribution >= 0.6 is 0 Å².